The normalized spacial score (nSPS) is 17.1. The fraction of sp³-hybridized carbons (Fsp3) is 0.320. The molecule has 0 bridgehead atoms. The van der Waals surface area contributed by atoms with Crippen molar-refractivity contribution < 1.29 is 38.5 Å². The van der Waals surface area contributed by atoms with Crippen LogP contribution < -0.4 is 9.47 Å². The molecule has 8 nitrogen and oxygen atoms in total. The largest absolute Gasteiger partial charge is 0.507 e. The van der Waals surface area contributed by atoms with Gasteiger partial charge in [-0.3, -0.25) is 14.4 Å². The number of Topliss-reactive ketones (excluding diaryl/α,β-unsaturated/α-hetero) is 1. The van der Waals surface area contributed by atoms with E-state index in [1.165, 1.54) is 49.5 Å². The maximum absolute atomic E-state index is 14.8. The summed E-state index contributed by atoms with van der Waals surface area (Å²) in [7, 11) is 2.88. The molecule has 1 unspecified atom stereocenters. The molecule has 2 N–H and O–H groups in total. The molecular formula is C25H26FNO7. The Morgan fingerprint density at radius 1 is 1.00 bits per heavy atom. The van der Waals surface area contributed by atoms with Gasteiger partial charge in [-0.05, 0) is 37.1 Å². The van der Waals surface area contributed by atoms with Crippen molar-refractivity contribution in [1.29, 1.82) is 0 Å². The molecule has 0 aliphatic carbocycles. The Balaban J connectivity index is 2.04. The Hall–Kier alpha value is -3.88. The van der Waals surface area contributed by atoms with Crippen LogP contribution in [0, 0.1) is 5.82 Å². The number of aliphatic hydroxyl groups is 1. The lowest BCUT2D eigenvalue weighted by Crippen LogP contribution is -2.31. The molecule has 1 saturated heterocycles. The summed E-state index contributed by atoms with van der Waals surface area (Å²) in [6, 6.07) is 9.15. The molecular weight excluding hydrogens is 445 g/mol. The number of hydrogen-bond donors (Lipinski definition) is 2. The van der Waals surface area contributed by atoms with Crippen LogP contribution in [0.4, 0.5) is 4.39 Å². The van der Waals surface area contributed by atoms with Crippen LogP contribution in [0.25, 0.3) is 5.76 Å². The summed E-state index contributed by atoms with van der Waals surface area (Å²) in [5.41, 5.74) is 0.0561. The number of aliphatic hydroxyl groups excluding tert-OH is 1. The number of ether oxygens (including phenoxy) is 2. The van der Waals surface area contributed by atoms with Gasteiger partial charge in [-0.25, -0.2) is 4.39 Å². The van der Waals surface area contributed by atoms with E-state index in [4.69, 9.17) is 14.6 Å². The first-order valence-corrected chi connectivity index (χ1v) is 10.8. The number of amides is 1. The molecule has 0 spiro atoms. The van der Waals surface area contributed by atoms with Crippen LogP contribution in [0.5, 0.6) is 11.5 Å². The molecule has 0 saturated carbocycles. The highest BCUT2D eigenvalue weighted by Crippen LogP contribution is 2.41. The smallest absolute Gasteiger partial charge is 0.303 e. The zero-order valence-corrected chi connectivity index (χ0v) is 18.9. The Labute approximate surface area is 196 Å². The van der Waals surface area contributed by atoms with Crippen LogP contribution in [0.1, 0.15) is 42.9 Å². The molecule has 0 radical (unpaired) electrons. The molecule has 1 aliphatic rings. The monoisotopic (exact) mass is 471 g/mol. The van der Waals surface area contributed by atoms with E-state index in [0.717, 1.165) is 0 Å². The average molecular weight is 471 g/mol. The summed E-state index contributed by atoms with van der Waals surface area (Å²) in [5, 5.41) is 19.9. The van der Waals surface area contributed by atoms with Crippen molar-refractivity contribution in [1.82, 2.24) is 4.90 Å². The van der Waals surface area contributed by atoms with Gasteiger partial charge in [0.1, 0.15) is 11.6 Å². The number of likely N-dealkylation sites (tertiary alicyclic amines) is 1. The third kappa shape index (κ3) is 5.03. The Morgan fingerprint density at radius 2 is 1.71 bits per heavy atom. The summed E-state index contributed by atoms with van der Waals surface area (Å²) in [6.07, 6.45) is 1.33. The first-order valence-electron chi connectivity index (χ1n) is 10.8. The highest BCUT2D eigenvalue weighted by atomic mass is 19.1. The minimum Gasteiger partial charge on any atom is -0.507 e. The van der Waals surface area contributed by atoms with Crippen LogP contribution in [-0.2, 0) is 14.4 Å². The van der Waals surface area contributed by atoms with E-state index in [1.54, 1.807) is 12.1 Å². The molecule has 1 atom stereocenters. The number of carboxylic acids is 1. The second kappa shape index (κ2) is 10.8. The average Bonchev–Trinajstić information content (AvgIpc) is 3.07. The molecule has 180 valence electrons. The van der Waals surface area contributed by atoms with Gasteiger partial charge in [-0.1, -0.05) is 24.6 Å². The zero-order valence-electron chi connectivity index (χ0n) is 18.9. The number of benzene rings is 2. The molecule has 1 aliphatic heterocycles. The molecule has 1 amide bonds. The second-order valence-electron chi connectivity index (χ2n) is 7.79. The number of hydrogen-bond acceptors (Lipinski definition) is 6. The van der Waals surface area contributed by atoms with Crippen molar-refractivity contribution in [2.45, 2.75) is 31.7 Å². The summed E-state index contributed by atoms with van der Waals surface area (Å²) in [5.74, 6) is -3.06. The Bertz CT molecular complexity index is 1130. The van der Waals surface area contributed by atoms with Crippen molar-refractivity contribution in [2.24, 2.45) is 0 Å². The van der Waals surface area contributed by atoms with Crippen LogP contribution >= 0.6 is 0 Å². The van der Waals surface area contributed by atoms with Crippen LogP contribution in [0.2, 0.25) is 0 Å². The minimum absolute atomic E-state index is 0.00510. The third-order valence-corrected chi connectivity index (χ3v) is 5.69. The number of carboxylic acid groups (broad SMARTS) is 1. The quantitative estimate of drug-likeness (QED) is 0.234. The first kappa shape index (κ1) is 24.8. The van der Waals surface area contributed by atoms with Crippen molar-refractivity contribution in [3.63, 3.8) is 0 Å². The predicted octanol–water partition coefficient (Wildman–Crippen LogP) is 3.91. The lowest BCUT2D eigenvalue weighted by Gasteiger charge is -2.25. The van der Waals surface area contributed by atoms with Gasteiger partial charge in [0.25, 0.3) is 11.7 Å². The number of unbranched alkanes of at least 4 members (excludes halogenated alkanes) is 2. The highest BCUT2D eigenvalue weighted by Gasteiger charge is 2.46. The number of aliphatic carboxylic acids is 1. The van der Waals surface area contributed by atoms with Gasteiger partial charge in [0.2, 0.25) is 0 Å². The number of nitrogens with zero attached hydrogens (tertiary/aromatic N) is 1. The number of ketones is 1. The van der Waals surface area contributed by atoms with E-state index in [2.05, 4.69) is 0 Å². The summed E-state index contributed by atoms with van der Waals surface area (Å²) >= 11 is 0. The standard InChI is InChI=1S/C25H26FNO7/c1-33-18-12-11-15(14-19(18)34-2)23(30)21-22(16-8-5-6-9-17(16)26)27(25(32)24(21)31)13-7-3-4-10-20(28)29/h5-6,8-9,11-12,14,22,30H,3-4,7,10,13H2,1-2H3,(H,28,29)/b23-21-. The molecule has 34 heavy (non-hydrogen) atoms. The van der Waals surface area contributed by atoms with E-state index in [9.17, 15) is 23.9 Å². The number of halogens is 1. The Morgan fingerprint density at radius 3 is 2.35 bits per heavy atom. The van der Waals surface area contributed by atoms with Crippen LogP contribution in [-0.4, -0.2) is 53.5 Å². The number of rotatable bonds is 10. The molecule has 3 rings (SSSR count). The van der Waals surface area contributed by atoms with E-state index in [0.29, 0.717) is 30.8 Å². The SMILES string of the molecule is COc1ccc(/C(O)=C2/C(=O)C(=O)N(CCCCCC(=O)O)C2c2ccccc2F)cc1OC. The van der Waals surface area contributed by atoms with Gasteiger partial charge in [0.15, 0.2) is 11.5 Å². The number of methoxy groups -OCH3 is 2. The zero-order chi connectivity index (χ0) is 24.8. The fourth-order valence-electron chi connectivity index (χ4n) is 4.01. The van der Waals surface area contributed by atoms with Gasteiger partial charge in [0, 0.05) is 24.1 Å². The van der Waals surface area contributed by atoms with E-state index >= 15 is 0 Å². The maximum Gasteiger partial charge on any atom is 0.303 e. The second-order valence-corrected chi connectivity index (χ2v) is 7.79. The van der Waals surface area contributed by atoms with Gasteiger partial charge >= 0.3 is 5.97 Å². The predicted molar refractivity (Wildman–Crippen MR) is 121 cm³/mol. The van der Waals surface area contributed by atoms with E-state index in [1.807, 2.05) is 0 Å². The third-order valence-electron chi connectivity index (χ3n) is 5.69. The van der Waals surface area contributed by atoms with Crippen molar-refractivity contribution in [2.75, 3.05) is 20.8 Å². The molecule has 2 aromatic rings. The van der Waals surface area contributed by atoms with Gasteiger partial charge in [-0.15, -0.1) is 0 Å². The summed E-state index contributed by atoms with van der Waals surface area (Å²) < 4.78 is 25.3. The topological polar surface area (TPSA) is 113 Å². The summed E-state index contributed by atoms with van der Waals surface area (Å²) in [6.45, 7) is 0.103. The molecule has 1 heterocycles. The lowest BCUT2D eigenvalue weighted by molar-refractivity contribution is -0.140. The minimum atomic E-state index is -1.13. The highest BCUT2D eigenvalue weighted by molar-refractivity contribution is 6.46. The lowest BCUT2D eigenvalue weighted by atomic mass is 9.94. The van der Waals surface area contributed by atoms with E-state index in [-0.39, 0.29) is 29.7 Å². The van der Waals surface area contributed by atoms with Crippen molar-refractivity contribution in [3.8, 4) is 11.5 Å². The number of carbonyl (C=O) groups excluding carboxylic acids is 2. The maximum atomic E-state index is 14.8. The molecule has 1 fully saturated rings. The summed E-state index contributed by atoms with van der Waals surface area (Å²) in [4.78, 5) is 37.9. The van der Waals surface area contributed by atoms with Gasteiger partial charge in [0.05, 0.1) is 25.8 Å². The van der Waals surface area contributed by atoms with Crippen LogP contribution in [0.15, 0.2) is 48.0 Å². The van der Waals surface area contributed by atoms with Crippen molar-refractivity contribution >= 4 is 23.4 Å². The van der Waals surface area contributed by atoms with Crippen LogP contribution in [0.3, 0.4) is 0 Å². The van der Waals surface area contributed by atoms with Crippen molar-refractivity contribution in [3.05, 3.63) is 65.0 Å². The fourth-order valence-corrected chi connectivity index (χ4v) is 4.01. The van der Waals surface area contributed by atoms with Gasteiger partial charge < -0.3 is 24.6 Å². The molecule has 9 heteroatoms. The van der Waals surface area contributed by atoms with Gasteiger partial charge in [-0.2, -0.15) is 0 Å². The molecule has 2 aromatic carbocycles. The molecule has 0 aromatic heterocycles. The Kier molecular flexibility index (Phi) is 7.88. The first-order chi connectivity index (χ1) is 16.3. The van der Waals surface area contributed by atoms with E-state index < -0.39 is 35.3 Å². The number of carbonyl (C=O) groups is 3.